The van der Waals surface area contributed by atoms with Crippen molar-refractivity contribution in [3.8, 4) is 11.1 Å². The van der Waals surface area contributed by atoms with Crippen molar-refractivity contribution in [1.82, 2.24) is 0 Å². The maximum Gasteiger partial charge on any atom is 0.160 e. The van der Waals surface area contributed by atoms with Crippen LogP contribution in [0, 0.1) is 6.92 Å². The van der Waals surface area contributed by atoms with E-state index in [9.17, 15) is 4.79 Å². The van der Waals surface area contributed by atoms with E-state index in [0.29, 0.717) is 0 Å². The summed E-state index contributed by atoms with van der Waals surface area (Å²) in [7, 11) is 0. The van der Waals surface area contributed by atoms with Crippen molar-refractivity contribution in [1.29, 1.82) is 0 Å². The van der Waals surface area contributed by atoms with Gasteiger partial charge in [0.2, 0.25) is 0 Å². The number of rotatable bonds is 2. The number of carbonyl (C=O) groups is 1. The first-order chi connectivity index (χ1) is 9.29. The van der Waals surface area contributed by atoms with Crippen LogP contribution in [0.5, 0.6) is 0 Å². The highest BCUT2D eigenvalue weighted by Gasteiger charge is 2.13. The lowest BCUT2D eigenvalue weighted by molar-refractivity contribution is 0.101. The molecule has 0 heterocycles. The van der Waals surface area contributed by atoms with Crippen LogP contribution in [-0.4, -0.2) is 5.78 Å². The molecule has 0 bridgehead atoms. The maximum atomic E-state index is 11.6. The number of carbonyl (C=O) groups excluding carboxylic acids is 1. The highest BCUT2D eigenvalue weighted by molar-refractivity contribution is 5.96. The van der Waals surface area contributed by atoms with Crippen LogP contribution in [0.4, 0.5) is 0 Å². The van der Waals surface area contributed by atoms with Gasteiger partial charge < -0.3 is 0 Å². The standard InChI is InChI=1S/C19H22O/c1-13-6-7-16(12-18(13)14(2)20)15-8-10-17(11-9-15)19(3,4)5/h6-12H,1-5H3. The fourth-order valence-corrected chi connectivity index (χ4v) is 2.34. The van der Waals surface area contributed by atoms with Crippen LogP contribution in [0.25, 0.3) is 11.1 Å². The predicted molar refractivity (Wildman–Crippen MR) is 85.3 cm³/mol. The Hall–Kier alpha value is -1.89. The van der Waals surface area contributed by atoms with Gasteiger partial charge in [0.15, 0.2) is 5.78 Å². The van der Waals surface area contributed by atoms with E-state index < -0.39 is 0 Å². The van der Waals surface area contributed by atoms with Crippen LogP contribution in [0.15, 0.2) is 42.5 Å². The van der Waals surface area contributed by atoms with Gasteiger partial charge in [-0.3, -0.25) is 4.79 Å². The molecule has 20 heavy (non-hydrogen) atoms. The molecule has 0 saturated heterocycles. The summed E-state index contributed by atoms with van der Waals surface area (Å²) >= 11 is 0. The Labute approximate surface area is 121 Å². The zero-order chi connectivity index (χ0) is 14.9. The summed E-state index contributed by atoms with van der Waals surface area (Å²) in [6.45, 7) is 10.2. The van der Waals surface area contributed by atoms with E-state index in [-0.39, 0.29) is 11.2 Å². The monoisotopic (exact) mass is 266 g/mol. The van der Waals surface area contributed by atoms with Crippen molar-refractivity contribution in [3.05, 3.63) is 59.2 Å². The van der Waals surface area contributed by atoms with Gasteiger partial charge in [-0.2, -0.15) is 0 Å². The zero-order valence-corrected chi connectivity index (χ0v) is 12.9. The van der Waals surface area contributed by atoms with Crippen LogP contribution >= 0.6 is 0 Å². The lowest BCUT2D eigenvalue weighted by Gasteiger charge is -2.19. The molecule has 0 aliphatic rings. The molecule has 104 valence electrons. The third-order valence-corrected chi connectivity index (χ3v) is 3.70. The van der Waals surface area contributed by atoms with E-state index >= 15 is 0 Å². The van der Waals surface area contributed by atoms with Gasteiger partial charge in [-0.15, -0.1) is 0 Å². The summed E-state index contributed by atoms with van der Waals surface area (Å²) in [6, 6.07) is 14.7. The van der Waals surface area contributed by atoms with Gasteiger partial charge in [-0.1, -0.05) is 57.2 Å². The molecule has 0 N–H and O–H groups in total. The van der Waals surface area contributed by atoms with Gasteiger partial charge in [-0.25, -0.2) is 0 Å². The van der Waals surface area contributed by atoms with Crippen LogP contribution < -0.4 is 0 Å². The number of hydrogen-bond acceptors (Lipinski definition) is 1. The first-order valence-corrected chi connectivity index (χ1v) is 7.01. The fourth-order valence-electron chi connectivity index (χ4n) is 2.34. The van der Waals surface area contributed by atoms with E-state index in [0.717, 1.165) is 22.3 Å². The Kier molecular flexibility index (Phi) is 3.80. The largest absolute Gasteiger partial charge is 0.295 e. The molecule has 0 amide bonds. The van der Waals surface area contributed by atoms with E-state index in [4.69, 9.17) is 0 Å². The third-order valence-electron chi connectivity index (χ3n) is 3.70. The molecule has 0 aromatic heterocycles. The molecule has 0 aliphatic heterocycles. The van der Waals surface area contributed by atoms with E-state index in [2.05, 4.69) is 51.1 Å². The molecule has 0 fully saturated rings. The number of ketones is 1. The Morgan fingerprint density at radius 2 is 1.45 bits per heavy atom. The molecule has 1 heteroatoms. The molecular weight excluding hydrogens is 244 g/mol. The quantitative estimate of drug-likeness (QED) is 0.686. The smallest absolute Gasteiger partial charge is 0.160 e. The SMILES string of the molecule is CC(=O)c1cc(-c2ccc(C(C)(C)C)cc2)ccc1C. The zero-order valence-electron chi connectivity index (χ0n) is 12.9. The van der Waals surface area contributed by atoms with E-state index in [1.165, 1.54) is 5.56 Å². The maximum absolute atomic E-state index is 11.6. The first-order valence-electron chi connectivity index (χ1n) is 7.01. The normalized spacial score (nSPS) is 11.4. The van der Waals surface area contributed by atoms with Gasteiger partial charge >= 0.3 is 0 Å². The Morgan fingerprint density at radius 1 is 0.900 bits per heavy atom. The fraction of sp³-hybridized carbons (Fsp3) is 0.316. The minimum atomic E-state index is 0.121. The summed E-state index contributed by atoms with van der Waals surface area (Å²) < 4.78 is 0. The van der Waals surface area contributed by atoms with Crippen molar-refractivity contribution in [3.63, 3.8) is 0 Å². The molecule has 2 aromatic carbocycles. The van der Waals surface area contributed by atoms with Gasteiger partial charge in [-0.05, 0) is 47.6 Å². The van der Waals surface area contributed by atoms with Gasteiger partial charge in [0.1, 0.15) is 0 Å². The Bertz CT molecular complexity index is 628. The Balaban J connectivity index is 2.42. The average Bonchev–Trinajstić information content (AvgIpc) is 2.38. The van der Waals surface area contributed by atoms with Gasteiger partial charge in [0.05, 0.1) is 0 Å². The highest BCUT2D eigenvalue weighted by atomic mass is 16.1. The predicted octanol–water partition coefficient (Wildman–Crippen LogP) is 5.16. The molecule has 2 rings (SSSR count). The molecule has 0 atom stereocenters. The molecule has 0 radical (unpaired) electrons. The lowest BCUT2D eigenvalue weighted by Crippen LogP contribution is -2.10. The van der Waals surface area contributed by atoms with Crippen molar-refractivity contribution in [2.45, 2.75) is 40.0 Å². The number of Topliss-reactive ketones (excluding diaryl/α,β-unsaturated/α-hetero) is 1. The average molecular weight is 266 g/mol. The van der Waals surface area contributed by atoms with Crippen molar-refractivity contribution < 1.29 is 4.79 Å². The number of aryl methyl sites for hydroxylation is 1. The summed E-state index contributed by atoms with van der Waals surface area (Å²) in [5, 5.41) is 0. The molecule has 2 aromatic rings. The third kappa shape index (κ3) is 2.98. The minimum Gasteiger partial charge on any atom is -0.295 e. The summed E-state index contributed by atoms with van der Waals surface area (Å²) in [5.41, 5.74) is 5.58. The molecular formula is C19H22O. The van der Waals surface area contributed by atoms with Crippen LogP contribution in [-0.2, 0) is 5.41 Å². The Morgan fingerprint density at radius 3 is 1.95 bits per heavy atom. The number of hydrogen-bond donors (Lipinski definition) is 0. The van der Waals surface area contributed by atoms with Crippen molar-refractivity contribution in [2.24, 2.45) is 0 Å². The van der Waals surface area contributed by atoms with E-state index in [1.807, 2.05) is 19.1 Å². The highest BCUT2D eigenvalue weighted by Crippen LogP contribution is 2.27. The number of benzene rings is 2. The molecule has 0 spiro atoms. The second-order valence-electron chi connectivity index (χ2n) is 6.41. The second kappa shape index (κ2) is 5.24. The summed E-state index contributed by atoms with van der Waals surface area (Å²) in [4.78, 5) is 11.6. The topological polar surface area (TPSA) is 17.1 Å². The van der Waals surface area contributed by atoms with Gasteiger partial charge in [0, 0.05) is 5.56 Å². The molecule has 1 nitrogen and oxygen atoms in total. The van der Waals surface area contributed by atoms with E-state index in [1.54, 1.807) is 6.92 Å². The minimum absolute atomic E-state index is 0.121. The van der Waals surface area contributed by atoms with Crippen LogP contribution in [0.2, 0.25) is 0 Å². The lowest BCUT2D eigenvalue weighted by atomic mass is 9.86. The van der Waals surface area contributed by atoms with Crippen molar-refractivity contribution >= 4 is 5.78 Å². The summed E-state index contributed by atoms with van der Waals surface area (Å²) in [6.07, 6.45) is 0. The second-order valence-corrected chi connectivity index (χ2v) is 6.41. The van der Waals surface area contributed by atoms with Crippen molar-refractivity contribution in [2.75, 3.05) is 0 Å². The van der Waals surface area contributed by atoms with Crippen LogP contribution in [0.1, 0.15) is 49.2 Å². The molecule has 0 unspecified atom stereocenters. The van der Waals surface area contributed by atoms with Crippen LogP contribution in [0.3, 0.4) is 0 Å². The molecule has 0 aliphatic carbocycles. The summed E-state index contributed by atoms with van der Waals surface area (Å²) in [5.74, 6) is 0.121. The first kappa shape index (κ1) is 14.5. The molecule has 0 saturated carbocycles. The van der Waals surface area contributed by atoms with Gasteiger partial charge in [0.25, 0.3) is 0 Å².